The predicted molar refractivity (Wildman–Crippen MR) is 87.1 cm³/mol. The molecule has 0 aliphatic rings. The van der Waals surface area contributed by atoms with Crippen LogP contribution in [0.25, 0.3) is 0 Å². The molecule has 3 N–H and O–H groups in total. The fourth-order valence-corrected chi connectivity index (χ4v) is 3.62. The van der Waals surface area contributed by atoms with Crippen molar-refractivity contribution in [2.75, 3.05) is 5.73 Å². The summed E-state index contributed by atoms with van der Waals surface area (Å²) in [6.07, 6.45) is 0. The van der Waals surface area contributed by atoms with Crippen molar-refractivity contribution in [2.45, 2.75) is 30.0 Å². The molecule has 1 atom stereocenters. The normalized spacial score (nSPS) is 12.3. The number of nitrogens with zero attached hydrogens (tertiary/aromatic N) is 2. The second-order valence-electron chi connectivity index (χ2n) is 4.89. The van der Waals surface area contributed by atoms with E-state index >= 15 is 0 Å². The quantitative estimate of drug-likeness (QED) is 0.799. The van der Waals surface area contributed by atoms with Gasteiger partial charge in [-0.2, -0.15) is 0 Å². The standard InChI is InChI=1S/C14H18N4OS2/c1-9(2)11(20-14-18-17-13(15)21-14)12(19)16-8-10-6-4-3-5-7-10/h3-7,9,11H,8H2,1-2H3,(H2,15,17)(H,16,19). The first-order chi connectivity index (χ1) is 10.1. The van der Waals surface area contributed by atoms with Crippen LogP contribution >= 0.6 is 23.1 Å². The highest BCUT2D eigenvalue weighted by Crippen LogP contribution is 2.31. The van der Waals surface area contributed by atoms with Gasteiger partial charge in [-0.25, -0.2) is 0 Å². The van der Waals surface area contributed by atoms with Crippen molar-refractivity contribution in [3.8, 4) is 0 Å². The molecule has 0 spiro atoms. The van der Waals surface area contributed by atoms with E-state index in [0.29, 0.717) is 11.7 Å². The molecule has 2 aromatic rings. The summed E-state index contributed by atoms with van der Waals surface area (Å²) in [7, 11) is 0. The van der Waals surface area contributed by atoms with Crippen LogP contribution in [0.4, 0.5) is 5.13 Å². The number of benzene rings is 1. The van der Waals surface area contributed by atoms with Crippen LogP contribution in [0.5, 0.6) is 0 Å². The summed E-state index contributed by atoms with van der Waals surface area (Å²) in [5.41, 5.74) is 6.65. The molecular weight excluding hydrogens is 304 g/mol. The van der Waals surface area contributed by atoms with Crippen molar-refractivity contribution in [3.63, 3.8) is 0 Å². The van der Waals surface area contributed by atoms with Crippen molar-refractivity contribution in [2.24, 2.45) is 5.92 Å². The van der Waals surface area contributed by atoms with Crippen LogP contribution in [-0.4, -0.2) is 21.4 Å². The number of rotatable bonds is 6. The average molecular weight is 322 g/mol. The van der Waals surface area contributed by atoms with E-state index in [-0.39, 0.29) is 17.1 Å². The number of hydrogen-bond donors (Lipinski definition) is 2. The molecule has 0 aliphatic carbocycles. The Balaban J connectivity index is 1.96. The summed E-state index contributed by atoms with van der Waals surface area (Å²) < 4.78 is 0.723. The molecular formula is C14H18N4OS2. The van der Waals surface area contributed by atoms with Gasteiger partial charge in [-0.1, -0.05) is 67.3 Å². The van der Waals surface area contributed by atoms with Gasteiger partial charge in [-0.3, -0.25) is 4.79 Å². The Kier molecular flexibility index (Phi) is 5.58. The van der Waals surface area contributed by atoms with E-state index in [0.717, 1.165) is 9.90 Å². The SMILES string of the molecule is CC(C)C(Sc1nnc(N)s1)C(=O)NCc1ccccc1. The number of nitrogens with two attached hydrogens (primary N) is 1. The van der Waals surface area contributed by atoms with Crippen molar-refractivity contribution < 1.29 is 4.79 Å². The van der Waals surface area contributed by atoms with Gasteiger partial charge in [-0.05, 0) is 11.5 Å². The minimum absolute atomic E-state index is 0.00706. The lowest BCUT2D eigenvalue weighted by atomic mass is 10.1. The molecule has 21 heavy (non-hydrogen) atoms. The van der Waals surface area contributed by atoms with Gasteiger partial charge in [-0.15, -0.1) is 10.2 Å². The topological polar surface area (TPSA) is 80.9 Å². The van der Waals surface area contributed by atoms with Gasteiger partial charge in [0, 0.05) is 6.54 Å². The molecule has 1 aromatic heterocycles. The largest absolute Gasteiger partial charge is 0.374 e. The molecule has 5 nitrogen and oxygen atoms in total. The maximum atomic E-state index is 12.4. The first-order valence-electron chi connectivity index (χ1n) is 6.63. The number of aromatic nitrogens is 2. The molecule has 0 fully saturated rings. The molecule has 1 amide bonds. The Morgan fingerprint density at radius 2 is 2.05 bits per heavy atom. The van der Waals surface area contributed by atoms with E-state index in [9.17, 15) is 4.79 Å². The van der Waals surface area contributed by atoms with Gasteiger partial charge in [0.15, 0.2) is 4.34 Å². The van der Waals surface area contributed by atoms with E-state index in [1.165, 1.54) is 23.1 Å². The van der Waals surface area contributed by atoms with Crippen LogP contribution in [0.1, 0.15) is 19.4 Å². The van der Waals surface area contributed by atoms with Crippen LogP contribution in [0.2, 0.25) is 0 Å². The van der Waals surface area contributed by atoms with E-state index in [2.05, 4.69) is 15.5 Å². The number of amides is 1. The average Bonchev–Trinajstić information content (AvgIpc) is 2.88. The predicted octanol–water partition coefficient (Wildman–Crippen LogP) is 2.55. The zero-order valence-electron chi connectivity index (χ0n) is 11.9. The summed E-state index contributed by atoms with van der Waals surface area (Å²) >= 11 is 2.72. The molecule has 1 unspecified atom stereocenters. The molecule has 0 saturated heterocycles. The summed E-state index contributed by atoms with van der Waals surface area (Å²) in [6.45, 7) is 4.57. The van der Waals surface area contributed by atoms with Crippen LogP contribution in [0.3, 0.4) is 0 Å². The van der Waals surface area contributed by atoms with Gasteiger partial charge in [0.25, 0.3) is 0 Å². The summed E-state index contributed by atoms with van der Waals surface area (Å²) in [5.74, 6) is 0.198. The minimum atomic E-state index is -0.207. The molecule has 0 radical (unpaired) electrons. The van der Waals surface area contributed by atoms with E-state index in [1.54, 1.807) is 0 Å². The number of carbonyl (C=O) groups excluding carboxylic acids is 1. The van der Waals surface area contributed by atoms with E-state index in [4.69, 9.17) is 5.73 Å². The van der Waals surface area contributed by atoms with Gasteiger partial charge in [0.1, 0.15) is 0 Å². The van der Waals surface area contributed by atoms with E-state index in [1.807, 2.05) is 44.2 Å². The zero-order valence-corrected chi connectivity index (χ0v) is 13.6. The fourth-order valence-electron chi connectivity index (χ4n) is 1.75. The highest BCUT2D eigenvalue weighted by Gasteiger charge is 2.24. The zero-order chi connectivity index (χ0) is 15.2. The third kappa shape index (κ3) is 4.71. The van der Waals surface area contributed by atoms with Crippen LogP contribution in [0, 0.1) is 5.92 Å². The number of anilines is 1. The molecule has 7 heteroatoms. The highest BCUT2D eigenvalue weighted by atomic mass is 32.2. The Labute approximate surface area is 132 Å². The number of nitrogens with one attached hydrogen (secondary N) is 1. The van der Waals surface area contributed by atoms with Crippen LogP contribution in [0.15, 0.2) is 34.7 Å². The minimum Gasteiger partial charge on any atom is -0.374 e. The van der Waals surface area contributed by atoms with Gasteiger partial charge >= 0.3 is 0 Å². The lowest BCUT2D eigenvalue weighted by Gasteiger charge is -2.18. The lowest BCUT2D eigenvalue weighted by molar-refractivity contribution is -0.121. The lowest BCUT2D eigenvalue weighted by Crippen LogP contribution is -2.35. The maximum absolute atomic E-state index is 12.4. The fraction of sp³-hybridized carbons (Fsp3) is 0.357. The number of nitrogen functional groups attached to an aromatic ring is 1. The van der Waals surface area contributed by atoms with Crippen molar-refractivity contribution >= 4 is 34.1 Å². The molecule has 0 saturated carbocycles. The van der Waals surface area contributed by atoms with Gasteiger partial charge in [0.05, 0.1) is 5.25 Å². The summed E-state index contributed by atoms with van der Waals surface area (Å²) in [4.78, 5) is 12.4. The van der Waals surface area contributed by atoms with Crippen molar-refractivity contribution in [1.82, 2.24) is 15.5 Å². The summed E-state index contributed by atoms with van der Waals surface area (Å²) in [6, 6.07) is 9.85. The Morgan fingerprint density at radius 1 is 1.33 bits per heavy atom. The highest BCUT2D eigenvalue weighted by molar-refractivity contribution is 8.02. The van der Waals surface area contributed by atoms with Crippen LogP contribution < -0.4 is 11.1 Å². The van der Waals surface area contributed by atoms with Gasteiger partial charge < -0.3 is 11.1 Å². The smallest absolute Gasteiger partial charge is 0.234 e. The van der Waals surface area contributed by atoms with E-state index < -0.39 is 0 Å². The molecule has 1 heterocycles. The molecule has 0 bridgehead atoms. The Hall–Kier alpha value is -1.60. The molecule has 0 aliphatic heterocycles. The molecule has 2 rings (SSSR count). The van der Waals surface area contributed by atoms with Crippen LogP contribution in [-0.2, 0) is 11.3 Å². The molecule has 112 valence electrons. The monoisotopic (exact) mass is 322 g/mol. The third-order valence-corrected chi connectivity index (χ3v) is 5.20. The number of hydrogen-bond acceptors (Lipinski definition) is 6. The molecule has 1 aromatic carbocycles. The first kappa shape index (κ1) is 15.8. The van der Waals surface area contributed by atoms with Gasteiger partial charge in [0.2, 0.25) is 11.0 Å². The number of carbonyl (C=O) groups is 1. The summed E-state index contributed by atoms with van der Waals surface area (Å²) in [5, 5.41) is 10.9. The third-order valence-electron chi connectivity index (χ3n) is 2.82. The Morgan fingerprint density at radius 3 is 2.62 bits per heavy atom. The number of thioether (sulfide) groups is 1. The van der Waals surface area contributed by atoms with Crippen molar-refractivity contribution in [3.05, 3.63) is 35.9 Å². The first-order valence-corrected chi connectivity index (χ1v) is 8.33. The van der Waals surface area contributed by atoms with Crippen molar-refractivity contribution in [1.29, 1.82) is 0 Å². The second kappa shape index (κ2) is 7.42. The maximum Gasteiger partial charge on any atom is 0.234 e. The Bertz CT molecular complexity index is 586. The second-order valence-corrected chi connectivity index (χ2v) is 7.29.